The number of likely N-dealkylation sites (N-methyl/N-ethyl adjacent to an activating group) is 1. The second-order valence-electron chi connectivity index (χ2n) is 7.18. The van der Waals surface area contributed by atoms with Crippen LogP contribution in [0, 0.1) is 0 Å². The van der Waals surface area contributed by atoms with Gasteiger partial charge in [0.15, 0.2) is 5.57 Å². The fourth-order valence-electron chi connectivity index (χ4n) is 3.15. The molecule has 3 rings (SSSR count). The van der Waals surface area contributed by atoms with E-state index in [1.54, 1.807) is 0 Å². The maximum atomic E-state index is 11.9. The molecular weight excluding hydrogens is 348 g/mol. The molecule has 0 aliphatic carbocycles. The summed E-state index contributed by atoms with van der Waals surface area (Å²) in [6, 6.07) is 7.39. The Morgan fingerprint density at radius 2 is 1.89 bits per heavy atom. The number of carbonyl (C=O) groups is 2. The highest BCUT2D eigenvalue weighted by Gasteiger charge is 2.38. The highest BCUT2D eigenvalue weighted by molar-refractivity contribution is 6.15. The minimum absolute atomic E-state index is 0.170. The molecule has 1 aromatic rings. The third-order valence-corrected chi connectivity index (χ3v) is 4.57. The van der Waals surface area contributed by atoms with E-state index < -0.39 is 17.7 Å². The van der Waals surface area contributed by atoms with Crippen molar-refractivity contribution < 1.29 is 23.8 Å². The van der Waals surface area contributed by atoms with Crippen molar-refractivity contribution in [3.63, 3.8) is 0 Å². The van der Waals surface area contributed by atoms with Crippen molar-refractivity contribution in [2.45, 2.75) is 45.5 Å². The lowest BCUT2D eigenvalue weighted by Gasteiger charge is -2.32. The van der Waals surface area contributed by atoms with Crippen LogP contribution < -0.4 is 10.1 Å². The van der Waals surface area contributed by atoms with Crippen LogP contribution in [0.1, 0.15) is 33.6 Å². The third kappa shape index (κ3) is 5.01. The Morgan fingerprint density at radius 1 is 1.22 bits per heavy atom. The van der Waals surface area contributed by atoms with Crippen molar-refractivity contribution in [1.29, 1.82) is 0 Å². The first-order valence-electron chi connectivity index (χ1n) is 9.29. The molecule has 7 heteroatoms. The molecule has 1 aromatic carbocycles. The minimum Gasteiger partial charge on any atom is -0.489 e. The molecule has 0 amide bonds. The fraction of sp³-hybridized carbons (Fsp3) is 0.500. The van der Waals surface area contributed by atoms with Gasteiger partial charge in [-0.25, -0.2) is 9.59 Å². The molecule has 2 aliphatic rings. The van der Waals surface area contributed by atoms with Crippen LogP contribution in [0.2, 0.25) is 0 Å². The first kappa shape index (κ1) is 19.2. The summed E-state index contributed by atoms with van der Waals surface area (Å²) in [5.74, 6) is -1.85. The van der Waals surface area contributed by atoms with Crippen molar-refractivity contribution in [2.75, 3.05) is 25.0 Å². The number of nitrogens with one attached hydrogen (secondary N) is 1. The Morgan fingerprint density at radius 3 is 2.52 bits per heavy atom. The van der Waals surface area contributed by atoms with E-state index in [-0.39, 0.29) is 11.7 Å². The van der Waals surface area contributed by atoms with Gasteiger partial charge in [-0.1, -0.05) is 6.92 Å². The van der Waals surface area contributed by atoms with Crippen molar-refractivity contribution in [1.82, 2.24) is 4.90 Å². The number of hydrogen-bond acceptors (Lipinski definition) is 7. The Kier molecular flexibility index (Phi) is 5.70. The van der Waals surface area contributed by atoms with E-state index in [4.69, 9.17) is 14.2 Å². The maximum absolute atomic E-state index is 11.9. The van der Waals surface area contributed by atoms with Crippen LogP contribution >= 0.6 is 0 Å². The van der Waals surface area contributed by atoms with E-state index >= 15 is 0 Å². The van der Waals surface area contributed by atoms with Crippen LogP contribution in [0.25, 0.3) is 0 Å². The van der Waals surface area contributed by atoms with E-state index in [0.717, 1.165) is 43.9 Å². The van der Waals surface area contributed by atoms with Gasteiger partial charge in [0.1, 0.15) is 11.9 Å². The second kappa shape index (κ2) is 8.00. The summed E-state index contributed by atoms with van der Waals surface area (Å²) in [6.45, 7) is 8.31. The molecule has 1 unspecified atom stereocenters. The van der Waals surface area contributed by atoms with Gasteiger partial charge < -0.3 is 19.5 Å². The molecular formula is C20H26N2O5. The van der Waals surface area contributed by atoms with E-state index in [0.29, 0.717) is 0 Å². The number of likely N-dealkylation sites (tertiary alicyclic amines) is 1. The average Bonchev–Trinajstić information content (AvgIpc) is 2.61. The van der Waals surface area contributed by atoms with Gasteiger partial charge in [-0.05, 0) is 50.2 Å². The van der Waals surface area contributed by atoms with Crippen LogP contribution in [-0.2, 0) is 19.1 Å². The highest BCUT2D eigenvalue weighted by Crippen LogP contribution is 2.24. The molecule has 0 radical (unpaired) electrons. The Bertz CT molecular complexity index is 704. The summed E-state index contributed by atoms with van der Waals surface area (Å²) in [7, 11) is 0. The van der Waals surface area contributed by atoms with Gasteiger partial charge in [0.05, 0.1) is 0 Å². The van der Waals surface area contributed by atoms with Crippen molar-refractivity contribution in [3.05, 3.63) is 36.0 Å². The number of carbonyl (C=O) groups excluding carboxylic acids is 2. The standard InChI is InChI=1S/C20H26N2O5/c1-4-22-11-5-6-16(13-22)25-15-9-7-14(8-10-15)21-12-17-18(23)26-20(2,3)27-19(17)24/h7-10,12,16,21H,4-6,11,13H2,1-3H3. The Labute approximate surface area is 159 Å². The highest BCUT2D eigenvalue weighted by atomic mass is 16.7. The predicted octanol–water partition coefficient (Wildman–Crippen LogP) is 2.68. The molecule has 1 atom stereocenters. The molecule has 7 nitrogen and oxygen atoms in total. The summed E-state index contributed by atoms with van der Waals surface area (Å²) in [6.07, 6.45) is 3.71. The lowest BCUT2D eigenvalue weighted by Crippen LogP contribution is -2.42. The number of rotatable bonds is 5. The number of benzene rings is 1. The third-order valence-electron chi connectivity index (χ3n) is 4.57. The lowest BCUT2D eigenvalue weighted by atomic mass is 10.1. The van der Waals surface area contributed by atoms with E-state index in [1.807, 2.05) is 24.3 Å². The molecule has 0 saturated carbocycles. The quantitative estimate of drug-likeness (QED) is 0.482. The van der Waals surface area contributed by atoms with Gasteiger partial charge in [0.25, 0.3) is 5.79 Å². The van der Waals surface area contributed by atoms with Crippen LogP contribution in [0.15, 0.2) is 36.0 Å². The molecule has 2 fully saturated rings. The number of ether oxygens (including phenoxy) is 3. The van der Waals surface area contributed by atoms with Crippen LogP contribution in [0.4, 0.5) is 5.69 Å². The average molecular weight is 374 g/mol. The predicted molar refractivity (Wildman–Crippen MR) is 100 cm³/mol. The van der Waals surface area contributed by atoms with Crippen LogP contribution in [-0.4, -0.2) is 48.4 Å². The molecule has 1 N–H and O–H groups in total. The lowest BCUT2D eigenvalue weighted by molar-refractivity contribution is -0.222. The van der Waals surface area contributed by atoms with Crippen molar-refractivity contribution in [2.24, 2.45) is 0 Å². The van der Waals surface area contributed by atoms with Gasteiger partial charge in [-0.3, -0.25) is 4.90 Å². The second-order valence-corrected chi connectivity index (χ2v) is 7.18. The van der Waals surface area contributed by atoms with Gasteiger partial charge in [0.2, 0.25) is 0 Å². The molecule has 0 bridgehead atoms. The molecule has 0 aromatic heterocycles. The minimum atomic E-state index is -1.24. The summed E-state index contributed by atoms with van der Waals surface area (Å²) < 4.78 is 16.2. The zero-order chi connectivity index (χ0) is 19.4. The monoisotopic (exact) mass is 374 g/mol. The summed E-state index contributed by atoms with van der Waals surface area (Å²) in [4.78, 5) is 26.2. The van der Waals surface area contributed by atoms with Crippen molar-refractivity contribution in [3.8, 4) is 5.75 Å². The van der Waals surface area contributed by atoms with Gasteiger partial charge in [0, 0.05) is 32.3 Å². The number of cyclic esters (lactones) is 2. The molecule has 0 spiro atoms. The summed E-state index contributed by atoms with van der Waals surface area (Å²) in [5, 5.41) is 2.92. The molecule has 2 heterocycles. The smallest absolute Gasteiger partial charge is 0.350 e. The Hall–Kier alpha value is -2.54. The van der Waals surface area contributed by atoms with Gasteiger partial charge in [-0.2, -0.15) is 0 Å². The zero-order valence-electron chi connectivity index (χ0n) is 16.0. The maximum Gasteiger partial charge on any atom is 0.350 e. The van der Waals surface area contributed by atoms with E-state index in [9.17, 15) is 9.59 Å². The SMILES string of the molecule is CCN1CCCC(Oc2ccc(NC=C3C(=O)OC(C)(C)OC3=O)cc2)C1. The normalized spacial score (nSPS) is 22.6. The first-order chi connectivity index (χ1) is 12.9. The summed E-state index contributed by atoms with van der Waals surface area (Å²) in [5.41, 5.74) is 0.552. The molecule has 2 aliphatic heterocycles. The summed E-state index contributed by atoms with van der Waals surface area (Å²) >= 11 is 0. The molecule has 27 heavy (non-hydrogen) atoms. The largest absolute Gasteiger partial charge is 0.489 e. The Balaban J connectivity index is 1.58. The number of nitrogens with zero attached hydrogens (tertiary/aromatic N) is 1. The van der Waals surface area contributed by atoms with Gasteiger partial charge in [-0.15, -0.1) is 0 Å². The van der Waals surface area contributed by atoms with E-state index in [1.165, 1.54) is 20.0 Å². The number of anilines is 1. The zero-order valence-corrected chi connectivity index (χ0v) is 16.0. The molecule has 2 saturated heterocycles. The van der Waals surface area contributed by atoms with Crippen LogP contribution in [0.3, 0.4) is 0 Å². The molecule has 146 valence electrons. The number of piperidine rings is 1. The van der Waals surface area contributed by atoms with Gasteiger partial charge >= 0.3 is 11.9 Å². The fourth-order valence-corrected chi connectivity index (χ4v) is 3.15. The number of esters is 2. The number of hydrogen-bond donors (Lipinski definition) is 1. The van der Waals surface area contributed by atoms with Crippen molar-refractivity contribution >= 4 is 17.6 Å². The van der Waals surface area contributed by atoms with E-state index in [2.05, 4.69) is 17.1 Å². The van der Waals surface area contributed by atoms with Crippen LogP contribution in [0.5, 0.6) is 5.75 Å². The topological polar surface area (TPSA) is 77.1 Å². The first-order valence-corrected chi connectivity index (χ1v) is 9.29.